The number of nitrogens with zero attached hydrogens (tertiary/aromatic N) is 2. The molecule has 0 spiro atoms. The summed E-state index contributed by atoms with van der Waals surface area (Å²) < 4.78 is 34.9. The van der Waals surface area contributed by atoms with Crippen LogP contribution in [0.25, 0.3) is 0 Å². The summed E-state index contributed by atoms with van der Waals surface area (Å²) in [6.45, 7) is 5.97. The minimum Gasteiger partial charge on any atom is -0.495 e. The number of amides is 2. The Balaban J connectivity index is 1.81. The summed E-state index contributed by atoms with van der Waals surface area (Å²) in [5.41, 5.74) is 2.97. The third kappa shape index (κ3) is 8.73. The molecular formula is C36H41N3O5S. The molecule has 1 N–H and O–H groups in total. The minimum absolute atomic E-state index is 0.0318. The van der Waals surface area contributed by atoms with Crippen LogP contribution in [-0.2, 0) is 32.6 Å². The van der Waals surface area contributed by atoms with E-state index in [0.29, 0.717) is 12.3 Å². The second kappa shape index (κ2) is 15.4. The largest absolute Gasteiger partial charge is 0.495 e. The van der Waals surface area contributed by atoms with Gasteiger partial charge in [0.15, 0.2) is 0 Å². The first-order chi connectivity index (χ1) is 21.6. The summed E-state index contributed by atoms with van der Waals surface area (Å²) in [7, 11) is -2.76. The highest BCUT2D eigenvalue weighted by atomic mass is 32.2. The number of hydrogen-bond donors (Lipinski definition) is 1. The number of sulfonamides is 1. The van der Waals surface area contributed by atoms with Crippen LogP contribution >= 0.6 is 0 Å². The number of methoxy groups -OCH3 is 1. The first-order valence-electron chi connectivity index (χ1n) is 15.0. The van der Waals surface area contributed by atoms with Crippen LogP contribution in [0.1, 0.15) is 30.5 Å². The predicted molar refractivity (Wildman–Crippen MR) is 177 cm³/mol. The van der Waals surface area contributed by atoms with Crippen molar-refractivity contribution in [2.45, 2.75) is 44.7 Å². The Morgan fingerprint density at radius 2 is 1.40 bits per heavy atom. The van der Waals surface area contributed by atoms with Crippen molar-refractivity contribution in [1.29, 1.82) is 0 Å². The van der Waals surface area contributed by atoms with E-state index in [4.69, 9.17) is 4.74 Å². The molecule has 4 aromatic carbocycles. The number of rotatable bonds is 14. The van der Waals surface area contributed by atoms with Gasteiger partial charge in [-0.1, -0.05) is 104 Å². The average molecular weight is 628 g/mol. The van der Waals surface area contributed by atoms with Crippen molar-refractivity contribution in [2.24, 2.45) is 5.92 Å². The first-order valence-corrected chi connectivity index (χ1v) is 16.4. The molecule has 8 nitrogen and oxygen atoms in total. The lowest BCUT2D eigenvalue weighted by Crippen LogP contribution is -2.53. The first kappa shape index (κ1) is 33.3. The molecule has 0 saturated heterocycles. The lowest BCUT2D eigenvalue weighted by atomic mass is 10.0. The summed E-state index contributed by atoms with van der Waals surface area (Å²) in [5, 5.41) is 3.01. The van der Waals surface area contributed by atoms with E-state index in [1.807, 2.05) is 75.4 Å². The summed E-state index contributed by atoms with van der Waals surface area (Å²) >= 11 is 0. The Labute approximate surface area is 266 Å². The minimum atomic E-state index is -4.21. The van der Waals surface area contributed by atoms with Gasteiger partial charge in [0.2, 0.25) is 11.8 Å². The van der Waals surface area contributed by atoms with Gasteiger partial charge < -0.3 is 15.0 Å². The second-order valence-corrected chi connectivity index (χ2v) is 13.2. The molecule has 45 heavy (non-hydrogen) atoms. The van der Waals surface area contributed by atoms with Crippen LogP contribution in [0.3, 0.4) is 0 Å². The van der Waals surface area contributed by atoms with Crippen molar-refractivity contribution >= 4 is 27.5 Å². The Morgan fingerprint density at radius 1 is 0.800 bits per heavy atom. The van der Waals surface area contributed by atoms with E-state index in [0.717, 1.165) is 21.0 Å². The Morgan fingerprint density at radius 3 is 2.02 bits per heavy atom. The maximum atomic E-state index is 14.5. The molecule has 0 aliphatic rings. The van der Waals surface area contributed by atoms with Gasteiger partial charge in [0.1, 0.15) is 18.3 Å². The van der Waals surface area contributed by atoms with Crippen LogP contribution in [0.15, 0.2) is 114 Å². The quantitative estimate of drug-likeness (QED) is 0.196. The molecule has 0 heterocycles. The molecule has 2 amide bonds. The molecule has 0 radical (unpaired) electrons. The van der Waals surface area contributed by atoms with Gasteiger partial charge in [-0.3, -0.25) is 13.9 Å². The van der Waals surface area contributed by atoms with Crippen molar-refractivity contribution in [3.8, 4) is 5.75 Å². The lowest BCUT2D eigenvalue weighted by molar-refractivity contribution is -0.140. The monoisotopic (exact) mass is 627 g/mol. The molecule has 1 atom stereocenters. The molecular weight excluding hydrogens is 586 g/mol. The van der Waals surface area contributed by atoms with Crippen molar-refractivity contribution in [3.05, 3.63) is 126 Å². The zero-order chi connectivity index (χ0) is 32.4. The number of para-hydroxylation sites is 2. The van der Waals surface area contributed by atoms with Gasteiger partial charge in [-0.15, -0.1) is 0 Å². The van der Waals surface area contributed by atoms with Gasteiger partial charge in [-0.25, -0.2) is 8.42 Å². The fourth-order valence-corrected chi connectivity index (χ4v) is 6.38. The molecule has 0 aliphatic heterocycles. The van der Waals surface area contributed by atoms with E-state index < -0.39 is 28.5 Å². The van der Waals surface area contributed by atoms with E-state index in [1.165, 1.54) is 24.1 Å². The van der Waals surface area contributed by atoms with E-state index in [-0.39, 0.29) is 35.4 Å². The van der Waals surface area contributed by atoms with Gasteiger partial charge >= 0.3 is 0 Å². The third-order valence-electron chi connectivity index (χ3n) is 7.39. The molecule has 0 fully saturated rings. The summed E-state index contributed by atoms with van der Waals surface area (Å²) in [6, 6.07) is 31.0. The number of carbonyl (C=O) groups is 2. The molecule has 4 aromatic rings. The average Bonchev–Trinajstić information content (AvgIpc) is 3.05. The number of ether oxygens (including phenoxy) is 1. The number of aryl methyl sites for hydroxylation is 1. The molecule has 236 valence electrons. The third-order valence-corrected chi connectivity index (χ3v) is 9.17. The standard InChI is InChI=1S/C36H41N3O5S/c1-27(2)24-37-36(41)33(23-29-13-7-5-8-14-29)38(25-30-21-19-28(3)20-22-30)35(40)26-39(32-17-11-12-18-34(32)44-4)45(42,43)31-15-9-6-10-16-31/h5-22,27,33H,23-26H2,1-4H3,(H,37,41)/t33-/m0/s1. The van der Waals surface area contributed by atoms with Crippen LogP contribution in [0.4, 0.5) is 5.69 Å². The van der Waals surface area contributed by atoms with Crippen molar-refractivity contribution in [3.63, 3.8) is 0 Å². The summed E-state index contributed by atoms with van der Waals surface area (Å²) in [4.78, 5) is 29.9. The Bertz CT molecular complexity index is 1660. The second-order valence-electron chi connectivity index (χ2n) is 11.3. The number of hydrogen-bond acceptors (Lipinski definition) is 5. The van der Waals surface area contributed by atoms with E-state index in [1.54, 1.807) is 42.5 Å². The van der Waals surface area contributed by atoms with E-state index >= 15 is 0 Å². The molecule has 0 aliphatic carbocycles. The van der Waals surface area contributed by atoms with Crippen LogP contribution in [0.2, 0.25) is 0 Å². The number of carbonyl (C=O) groups excluding carboxylic acids is 2. The Hall–Kier alpha value is -4.63. The normalized spacial score (nSPS) is 11.9. The van der Waals surface area contributed by atoms with E-state index in [2.05, 4.69) is 5.32 Å². The highest BCUT2D eigenvalue weighted by Crippen LogP contribution is 2.32. The maximum Gasteiger partial charge on any atom is 0.264 e. The molecule has 4 rings (SSSR count). The molecule has 9 heteroatoms. The van der Waals surface area contributed by atoms with Crippen LogP contribution in [0, 0.1) is 12.8 Å². The summed E-state index contributed by atoms with van der Waals surface area (Å²) in [5.74, 6) is -0.334. The molecule has 0 saturated carbocycles. The highest BCUT2D eigenvalue weighted by molar-refractivity contribution is 7.92. The number of nitrogens with one attached hydrogen (secondary N) is 1. The van der Waals surface area contributed by atoms with Gasteiger partial charge in [0.25, 0.3) is 10.0 Å². The summed E-state index contributed by atoms with van der Waals surface area (Å²) in [6.07, 6.45) is 0.252. The SMILES string of the molecule is COc1ccccc1N(CC(=O)N(Cc1ccc(C)cc1)[C@@H](Cc1ccccc1)C(=O)NCC(C)C)S(=O)(=O)c1ccccc1. The topological polar surface area (TPSA) is 96.0 Å². The van der Waals surface area contributed by atoms with Gasteiger partial charge in [-0.05, 0) is 48.2 Å². The number of benzene rings is 4. The van der Waals surface area contributed by atoms with E-state index in [9.17, 15) is 18.0 Å². The maximum absolute atomic E-state index is 14.5. The lowest BCUT2D eigenvalue weighted by Gasteiger charge is -2.34. The highest BCUT2D eigenvalue weighted by Gasteiger charge is 2.35. The smallest absolute Gasteiger partial charge is 0.264 e. The van der Waals surface area contributed by atoms with Crippen molar-refractivity contribution < 1.29 is 22.7 Å². The predicted octanol–water partition coefficient (Wildman–Crippen LogP) is 5.61. The fraction of sp³-hybridized carbons (Fsp3) is 0.278. The van der Waals surface area contributed by atoms with Crippen molar-refractivity contribution in [1.82, 2.24) is 10.2 Å². The van der Waals surface area contributed by atoms with Gasteiger partial charge in [-0.2, -0.15) is 0 Å². The molecule has 0 aromatic heterocycles. The zero-order valence-electron chi connectivity index (χ0n) is 26.2. The zero-order valence-corrected chi connectivity index (χ0v) is 27.0. The number of anilines is 1. The van der Waals surface area contributed by atoms with Crippen molar-refractivity contribution in [2.75, 3.05) is 24.5 Å². The van der Waals surface area contributed by atoms with Gasteiger partial charge in [0, 0.05) is 19.5 Å². The molecule has 0 unspecified atom stereocenters. The van der Waals surface area contributed by atoms with Gasteiger partial charge in [0.05, 0.1) is 17.7 Å². The Kier molecular flexibility index (Phi) is 11.4. The van der Waals surface area contributed by atoms with Crippen LogP contribution in [0.5, 0.6) is 5.75 Å². The van der Waals surface area contributed by atoms with Crippen LogP contribution < -0.4 is 14.4 Å². The fourth-order valence-electron chi connectivity index (χ4n) is 4.94. The molecule has 0 bridgehead atoms. The van der Waals surface area contributed by atoms with Crippen LogP contribution in [-0.4, -0.2) is 51.4 Å².